The van der Waals surface area contributed by atoms with Gasteiger partial charge in [-0.25, -0.2) is 9.18 Å². The van der Waals surface area contributed by atoms with Gasteiger partial charge in [-0.15, -0.1) is 0 Å². The van der Waals surface area contributed by atoms with Crippen LogP contribution in [0.5, 0.6) is 0 Å². The van der Waals surface area contributed by atoms with Gasteiger partial charge in [0.05, 0.1) is 17.4 Å². The summed E-state index contributed by atoms with van der Waals surface area (Å²) >= 11 is 0. The van der Waals surface area contributed by atoms with E-state index in [2.05, 4.69) is 4.90 Å². The molecule has 0 amide bonds. The van der Waals surface area contributed by atoms with E-state index in [1.54, 1.807) is 16.7 Å². The number of allylic oxidation sites excluding steroid dienone is 4. The second kappa shape index (κ2) is 7.87. The number of aromatic nitrogens is 2. The van der Waals surface area contributed by atoms with Crippen molar-refractivity contribution in [2.45, 2.75) is 45.4 Å². The smallest absolute Gasteiger partial charge is 0.302 e. The first-order valence-corrected chi connectivity index (χ1v) is 10.0. The highest BCUT2D eigenvalue weighted by Crippen LogP contribution is 2.16. The van der Waals surface area contributed by atoms with Gasteiger partial charge in [-0.05, 0) is 50.6 Å². The highest BCUT2D eigenvalue weighted by Gasteiger charge is 2.17. The number of aryl methyl sites for hydroxylation is 1. The Balaban J connectivity index is 1.76. The summed E-state index contributed by atoms with van der Waals surface area (Å²) in [5, 5.41) is 0.560. The molecule has 1 fully saturated rings. The van der Waals surface area contributed by atoms with E-state index in [1.807, 2.05) is 25.1 Å². The Kier molecular flexibility index (Phi) is 5.31. The minimum absolute atomic E-state index is 0.175. The quantitative estimate of drug-likeness (QED) is 0.798. The Labute approximate surface area is 163 Å². The van der Waals surface area contributed by atoms with Crippen LogP contribution in [0.3, 0.4) is 0 Å². The largest absolute Gasteiger partial charge is 0.331 e. The lowest BCUT2D eigenvalue weighted by Crippen LogP contribution is -2.42. The number of rotatable bonds is 5. The predicted octanol–water partition coefficient (Wildman–Crippen LogP) is 2.79. The van der Waals surface area contributed by atoms with Crippen LogP contribution in [0.2, 0.25) is 0 Å². The van der Waals surface area contributed by atoms with Gasteiger partial charge in [0.25, 0.3) is 5.56 Å². The zero-order valence-electron chi connectivity index (χ0n) is 16.2. The summed E-state index contributed by atoms with van der Waals surface area (Å²) in [5.41, 5.74) is 1.90. The second-order valence-corrected chi connectivity index (χ2v) is 7.78. The molecule has 0 bridgehead atoms. The van der Waals surface area contributed by atoms with E-state index in [-0.39, 0.29) is 24.2 Å². The molecule has 1 aliphatic carbocycles. The van der Waals surface area contributed by atoms with Gasteiger partial charge in [0, 0.05) is 19.5 Å². The molecule has 0 saturated carbocycles. The van der Waals surface area contributed by atoms with E-state index in [0.29, 0.717) is 17.4 Å². The van der Waals surface area contributed by atoms with Crippen LogP contribution in [0, 0.1) is 6.92 Å². The van der Waals surface area contributed by atoms with Crippen LogP contribution in [0.1, 0.15) is 24.8 Å². The summed E-state index contributed by atoms with van der Waals surface area (Å²) in [4.78, 5) is 28.6. The molecule has 2 heterocycles. The van der Waals surface area contributed by atoms with Crippen LogP contribution in [-0.4, -0.2) is 39.8 Å². The summed E-state index contributed by atoms with van der Waals surface area (Å²) in [6.07, 6.45) is 6.63. The standard InChI is InChI=1S/C22H26FN3O2/c1-16-4-9-20-19(14-16)21(27)26(15-17-5-7-18(23)8-6-17)22(28)25(20)13-12-24-10-2-3-11-24/h4-7,9,14,18H,2-3,8,10-13,15H2,1H3. The molecule has 1 aliphatic heterocycles. The Bertz CT molecular complexity index is 1060. The molecule has 0 N–H and O–H groups in total. The lowest BCUT2D eigenvalue weighted by Gasteiger charge is -2.19. The van der Waals surface area contributed by atoms with Crippen molar-refractivity contribution in [3.8, 4) is 0 Å². The average Bonchev–Trinajstić information content (AvgIpc) is 3.20. The molecule has 28 heavy (non-hydrogen) atoms. The average molecular weight is 383 g/mol. The summed E-state index contributed by atoms with van der Waals surface area (Å²) in [5.74, 6) is 0. The molecule has 4 rings (SSSR count). The Hall–Kier alpha value is -2.47. The third-order valence-corrected chi connectivity index (χ3v) is 5.68. The zero-order valence-corrected chi connectivity index (χ0v) is 16.2. The molecule has 6 heteroatoms. The van der Waals surface area contributed by atoms with Crippen molar-refractivity contribution in [2.24, 2.45) is 0 Å². The van der Waals surface area contributed by atoms with Crippen molar-refractivity contribution < 1.29 is 4.39 Å². The van der Waals surface area contributed by atoms with Crippen molar-refractivity contribution in [3.63, 3.8) is 0 Å². The van der Waals surface area contributed by atoms with Gasteiger partial charge in [-0.3, -0.25) is 13.9 Å². The first-order chi connectivity index (χ1) is 13.5. The Morgan fingerprint density at radius 3 is 2.61 bits per heavy atom. The van der Waals surface area contributed by atoms with Crippen LogP contribution < -0.4 is 11.2 Å². The van der Waals surface area contributed by atoms with E-state index in [4.69, 9.17) is 0 Å². The second-order valence-electron chi connectivity index (χ2n) is 7.78. The first kappa shape index (κ1) is 18.9. The minimum atomic E-state index is -0.989. The predicted molar refractivity (Wildman–Crippen MR) is 110 cm³/mol. The number of benzene rings is 1. The van der Waals surface area contributed by atoms with Crippen LogP contribution in [0.4, 0.5) is 4.39 Å². The summed E-state index contributed by atoms with van der Waals surface area (Å²) in [6, 6.07) is 5.66. The molecule has 1 aromatic carbocycles. The molecule has 1 aromatic heterocycles. The normalized spacial score (nSPS) is 20.1. The number of hydrogen-bond donors (Lipinski definition) is 0. The van der Waals surface area contributed by atoms with Gasteiger partial charge in [-0.2, -0.15) is 0 Å². The molecule has 2 aromatic rings. The number of alkyl halides is 1. The molecule has 2 aliphatic rings. The SMILES string of the molecule is Cc1ccc2c(c1)c(=O)n(CC1=CCC(F)C=C1)c(=O)n2CCN1CCCC1. The lowest BCUT2D eigenvalue weighted by atomic mass is 10.1. The maximum Gasteiger partial charge on any atom is 0.331 e. The topological polar surface area (TPSA) is 47.2 Å². The van der Waals surface area contributed by atoms with E-state index < -0.39 is 6.17 Å². The van der Waals surface area contributed by atoms with Crippen LogP contribution in [0.25, 0.3) is 10.9 Å². The Morgan fingerprint density at radius 2 is 1.89 bits per heavy atom. The first-order valence-electron chi connectivity index (χ1n) is 10.0. The number of fused-ring (bicyclic) bond motifs is 1. The summed E-state index contributed by atoms with van der Waals surface area (Å²) in [6.45, 7) is 5.60. The van der Waals surface area contributed by atoms with Gasteiger partial charge in [0.15, 0.2) is 0 Å². The molecule has 148 valence electrons. The third-order valence-electron chi connectivity index (χ3n) is 5.68. The van der Waals surface area contributed by atoms with Gasteiger partial charge in [0.1, 0.15) is 6.17 Å². The van der Waals surface area contributed by atoms with Crippen molar-refractivity contribution in [2.75, 3.05) is 19.6 Å². The van der Waals surface area contributed by atoms with Gasteiger partial charge in [-0.1, -0.05) is 29.9 Å². The molecule has 0 spiro atoms. The van der Waals surface area contributed by atoms with Crippen molar-refractivity contribution in [1.82, 2.24) is 14.0 Å². The number of nitrogens with zero attached hydrogens (tertiary/aromatic N) is 3. The number of halogens is 1. The monoisotopic (exact) mass is 383 g/mol. The fourth-order valence-electron chi connectivity index (χ4n) is 4.08. The molecule has 1 unspecified atom stereocenters. The van der Waals surface area contributed by atoms with E-state index >= 15 is 0 Å². The number of likely N-dealkylation sites (tertiary alicyclic amines) is 1. The molecule has 5 nitrogen and oxygen atoms in total. The maximum absolute atomic E-state index is 13.3. The number of hydrogen-bond acceptors (Lipinski definition) is 3. The van der Waals surface area contributed by atoms with Crippen molar-refractivity contribution in [1.29, 1.82) is 0 Å². The third kappa shape index (κ3) is 3.74. The summed E-state index contributed by atoms with van der Waals surface area (Å²) < 4.78 is 16.4. The van der Waals surface area contributed by atoms with Crippen molar-refractivity contribution >= 4 is 10.9 Å². The van der Waals surface area contributed by atoms with Gasteiger partial charge >= 0.3 is 5.69 Å². The fraction of sp³-hybridized carbons (Fsp3) is 0.455. The van der Waals surface area contributed by atoms with Crippen molar-refractivity contribution in [3.05, 3.63) is 68.4 Å². The van der Waals surface area contributed by atoms with Gasteiger partial charge < -0.3 is 4.90 Å². The van der Waals surface area contributed by atoms with Crippen LogP contribution in [0.15, 0.2) is 51.6 Å². The van der Waals surface area contributed by atoms with Crippen LogP contribution >= 0.6 is 0 Å². The van der Waals surface area contributed by atoms with E-state index in [0.717, 1.165) is 30.8 Å². The highest BCUT2D eigenvalue weighted by atomic mass is 19.1. The zero-order chi connectivity index (χ0) is 19.7. The lowest BCUT2D eigenvalue weighted by molar-refractivity contribution is 0.320. The van der Waals surface area contributed by atoms with Gasteiger partial charge in [0.2, 0.25) is 0 Å². The minimum Gasteiger partial charge on any atom is -0.302 e. The maximum atomic E-state index is 13.3. The van der Waals surface area contributed by atoms with E-state index in [1.165, 1.54) is 23.5 Å². The summed E-state index contributed by atoms with van der Waals surface area (Å²) in [7, 11) is 0. The molecular weight excluding hydrogens is 357 g/mol. The fourth-order valence-corrected chi connectivity index (χ4v) is 4.08. The highest BCUT2D eigenvalue weighted by molar-refractivity contribution is 5.78. The molecule has 0 radical (unpaired) electrons. The molecular formula is C22H26FN3O2. The molecule has 1 atom stereocenters. The van der Waals surface area contributed by atoms with Crippen LogP contribution in [-0.2, 0) is 13.1 Å². The van der Waals surface area contributed by atoms with E-state index in [9.17, 15) is 14.0 Å². The Morgan fingerprint density at radius 1 is 1.11 bits per heavy atom. The molecule has 1 saturated heterocycles.